The summed E-state index contributed by atoms with van der Waals surface area (Å²) in [4.78, 5) is 11.6. The Hall–Kier alpha value is -0.440. The van der Waals surface area contributed by atoms with Gasteiger partial charge in [0.1, 0.15) is 0 Å². The van der Waals surface area contributed by atoms with Gasteiger partial charge in [0.25, 0.3) is 0 Å². The Labute approximate surface area is 128 Å². The molecule has 0 N–H and O–H groups in total. The molecule has 1 atom stereocenters. The summed E-state index contributed by atoms with van der Waals surface area (Å²) in [6.07, 6.45) is 8.67. The van der Waals surface area contributed by atoms with E-state index < -0.39 is 0 Å². The lowest BCUT2D eigenvalue weighted by molar-refractivity contribution is -0.143. The van der Waals surface area contributed by atoms with Gasteiger partial charge in [-0.05, 0) is 38.5 Å². The van der Waals surface area contributed by atoms with Crippen LogP contribution in [0, 0.1) is 5.92 Å². The number of hydrogen-bond donors (Lipinski definition) is 0. The minimum absolute atomic E-state index is 0.0406. The number of allylic oxidation sites excluding steroid dienone is 2. The highest BCUT2D eigenvalue weighted by Crippen LogP contribution is 2.40. The summed E-state index contributed by atoms with van der Waals surface area (Å²) in [5.74, 6) is 1.56. The molecule has 116 valence electrons. The van der Waals surface area contributed by atoms with Gasteiger partial charge in [0.2, 0.25) is 0 Å². The predicted molar refractivity (Wildman–Crippen MR) is 88.1 cm³/mol. The van der Waals surface area contributed by atoms with Crippen molar-refractivity contribution in [3.8, 4) is 0 Å². The van der Waals surface area contributed by atoms with Crippen LogP contribution in [0.5, 0.6) is 0 Å². The molecule has 20 heavy (non-hydrogen) atoms. The van der Waals surface area contributed by atoms with E-state index in [1.54, 1.807) is 0 Å². The van der Waals surface area contributed by atoms with Crippen molar-refractivity contribution >= 4 is 17.7 Å². The Bertz CT molecular complexity index is 334. The van der Waals surface area contributed by atoms with Crippen LogP contribution in [-0.4, -0.2) is 23.1 Å². The molecule has 0 aromatic carbocycles. The Morgan fingerprint density at radius 3 is 2.85 bits per heavy atom. The van der Waals surface area contributed by atoms with E-state index in [2.05, 4.69) is 33.8 Å². The minimum atomic E-state index is -0.0406. The van der Waals surface area contributed by atoms with Crippen LogP contribution in [0.1, 0.15) is 66.2 Å². The number of ether oxygens (including phenoxy) is 1. The molecule has 1 unspecified atom stereocenters. The second kappa shape index (κ2) is 8.76. The van der Waals surface area contributed by atoms with E-state index >= 15 is 0 Å². The highest BCUT2D eigenvalue weighted by molar-refractivity contribution is 8.00. The Balaban J connectivity index is 2.24. The van der Waals surface area contributed by atoms with E-state index in [1.807, 2.05) is 11.8 Å². The van der Waals surface area contributed by atoms with Crippen LogP contribution in [0.4, 0.5) is 0 Å². The molecule has 0 bridgehead atoms. The molecule has 1 aliphatic carbocycles. The number of thioether (sulfide) groups is 1. The van der Waals surface area contributed by atoms with E-state index in [9.17, 15) is 4.79 Å². The average molecular weight is 298 g/mol. The van der Waals surface area contributed by atoms with Gasteiger partial charge in [-0.15, -0.1) is 0 Å². The van der Waals surface area contributed by atoms with Crippen LogP contribution >= 0.6 is 11.8 Å². The number of carbonyl (C=O) groups is 1. The van der Waals surface area contributed by atoms with Crippen molar-refractivity contribution in [3.05, 3.63) is 11.6 Å². The second-order valence-electron chi connectivity index (χ2n) is 6.30. The molecule has 2 nitrogen and oxygen atoms in total. The van der Waals surface area contributed by atoms with Gasteiger partial charge in [0.05, 0.1) is 13.0 Å². The van der Waals surface area contributed by atoms with E-state index in [0.29, 0.717) is 13.0 Å². The van der Waals surface area contributed by atoms with Crippen LogP contribution in [0.3, 0.4) is 0 Å². The van der Waals surface area contributed by atoms with Gasteiger partial charge >= 0.3 is 5.97 Å². The Morgan fingerprint density at radius 1 is 1.50 bits per heavy atom. The monoisotopic (exact) mass is 298 g/mol. The normalized spacial score (nSPS) is 19.6. The number of unbranched alkanes of at least 4 members (excludes halogenated alkanes) is 1. The van der Waals surface area contributed by atoms with E-state index in [1.165, 1.54) is 24.8 Å². The van der Waals surface area contributed by atoms with Gasteiger partial charge in [-0.25, -0.2) is 0 Å². The summed E-state index contributed by atoms with van der Waals surface area (Å²) in [6.45, 7) is 9.55. The van der Waals surface area contributed by atoms with E-state index in [0.717, 1.165) is 24.5 Å². The first kappa shape index (κ1) is 17.6. The Morgan fingerprint density at radius 2 is 2.25 bits per heavy atom. The van der Waals surface area contributed by atoms with Crippen molar-refractivity contribution in [3.63, 3.8) is 0 Å². The zero-order chi connectivity index (χ0) is 15.0. The zero-order valence-corrected chi connectivity index (χ0v) is 14.4. The first-order chi connectivity index (χ1) is 9.45. The fourth-order valence-corrected chi connectivity index (χ4v) is 3.76. The smallest absolute Gasteiger partial charge is 0.306 e. The van der Waals surface area contributed by atoms with Crippen LogP contribution in [0.25, 0.3) is 0 Å². The molecule has 0 fully saturated rings. The number of esters is 1. The molecule has 1 rings (SSSR count). The molecule has 3 heteroatoms. The van der Waals surface area contributed by atoms with Crippen LogP contribution in [0.15, 0.2) is 11.6 Å². The van der Waals surface area contributed by atoms with Gasteiger partial charge < -0.3 is 4.74 Å². The molecule has 0 radical (unpaired) electrons. The third-order valence-corrected chi connectivity index (χ3v) is 5.65. The van der Waals surface area contributed by atoms with Crippen molar-refractivity contribution in [1.29, 1.82) is 0 Å². The van der Waals surface area contributed by atoms with E-state index in [4.69, 9.17) is 4.74 Å². The topological polar surface area (TPSA) is 26.3 Å². The fourth-order valence-electron chi connectivity index (χ4n) is 2.51. The largest absolute Gasteiger partial charge is 0.466 e. The first-order valence-electron chi connectivity index (χ1n) is 7.91. The van der Waals surface area contributed by atoms with Gasteiger partial charge in [0, 0.05) is 10.5 Å². The standard InChI is InChI=1S/C17H30O2S/c1-5-6-12-19-16(18)11-13-20-17(3,4)15-9-7-14(2)8-10-15/h7,15H,5-6,8-13H2,1-4H3. The lowest BCUT2D eigenvalue weighted by Gasteiger charge is -2.35. The Kier molecular flexibility index (Phi) is 7.71. The van der Waals surface area contributed by atoms with Crippen LogP contribution < -0.4 is 0 Å². The lowest BCUT2D eigenvalue weighted by Crippen LogP contribution is -2.29. The molecular formula is C17H30O2S. The maximum absolute atomic E-state index is 11.6. The molecule has 0 saturated carbocycles. The molecular weight excluding hydrogens is 268 g/mol. The van der Waals surface area contributed by atoms with E-state index in [-0.39, 0.29) is 10.7 Å². The van der Waals surface area contributed by atoms with Crippen molar-refractivity contribution < 1.29 is 9.53 Å². The summed E-state index contributed by atoms with van der Waals surface area (Å²) in [7, 11) is 0. The average Bonchev–Trinajstić information content (AvgIpc) is 2.39. The summed E-state index contributed by atoms with van der Waals surface area (Å²) in [6, 6.07) is 0. The number of hydrogen-bond acceptors (Lipinski definition) is 3. The molecule has 0 saturated heterocycles. The summed E-state index contributed by atoms with van der Waals surface area (Å²) in [5.41, 5.74) is 1.53. The predicted octanol–water partition coefficient (Wildman–Crippen LogP) is 4.98. The molecule has 0 amide bonds. The molecule has 1 aliphatic rings. The van der Waals surface area contributed by atoms with Gasteiger partial charge in [0.15, 0.2) is 0 Å². The highest BCUT2D eigenvalue weighted by Gasteiger charge is 2.30. The summed E-state index contributed by atoms with van der Waals surface area (Å²) < 4.78 is 5.45. The highest BCUT2D eigenvalue weighted by atomic mass is 32.2. The van der Waals surface area contributed by atoms with Crippen molar-refractivity contribution in [2.45, 2.75) is 71.0 Å². The zero-order valence-electron chi connectivity index (χ0n) is 13.5. The molecule has 0 aliphatic heterocycles. The van der Waals surface area contributed by atoms with Gasteiger partial charge in [-0.2, -0.15) is 11.8 Å². The lowest BCUT2D eigenvalue weighted by atomic mass is 9.82. The molecule has 0 aromatic heterocycles. The maximum atomic E-state index is 11.6. The maximum Gasteiger partial charge on any atom is 0.306 e. The first-order valence-corrected chi connectivity index (χ1v) is 8.89. The third kappa shape index (κ3) is 6.34. The van der Waals surface area contributed by atoms with Gasteiger partial charge in [-0.1, -0.05) is 38.8 Å². The van der Waals surface area contributed by atoms with Crippen molar-refractivity contribution in [2.24, 2.45) is 5.92 Å². The summed E-state index contributed by atoms with van der Waals surface area (Å²) in [5, 5.41) is 0. The SMILES string of the molecule is CCCCOC(=O)CCSC(C)(C)C1CC=C(C)CC1. The number of rotatable bonds is 8. The quantitative estimate of drug-likeness (QED) is 0.359. The van der Waals surface area contributed by atoms with Crippen molar-refractivity contribution in [2.75, 3.05) is 12.4 Å². The number of carbonyl (C=O) groups excluding carboxylic acids is 1. The molecule has 0 heterocycles. The molecule has 0 spiro atoms. The molecule has 0 aromatic rings. The second-order valence-corrected chi connectivity index (χ2v) is 8.05. The fraction of sp³-hybridized carbons (Fsp3) is 0.824. The van der Waals surface area contributed by atoms with Crippen LogP contribution in [0.2, 0.25) is 0 Å². The van der Waals surface area contributed by atoms with Crippen LogP contribution in [-0.2, 0) is 9.53 Å². The third-order valence-electron chi connectivity index (χ3n) is 4.16. The minimum Gasteiger partial charge on any atom is -0.466 e. The van der Waals surface area contributed by atoms with Crippen molar-refractivity contribution in [1.82, 2.24) is 0 Å². The van der Waals surface area contributed by atoms with Gasteiger partial charge in [-0.3, -0.25) is 4.79 Å². The summed E-state index contributed by atoms with van der Waals surface area (Å²) >= 11 is 1.92.